The van der Waals surface area contributed by atoms with Crippen LogP contribution in [0.3, 0.4) is 0 Å². The third-order valence-corrected chi connectivity index (χ3v) is 3.97. The van der Waals surface area contributed by atoms with Gasteiger partial charge in [0.2, 0.25) is 0 Å². The number of likely N-dealkylation sites (tertiary alicyclic amines) is 1. The van der Waals surface area contributed by atoms with Crippen molar-refractivity contribution in [2.75, 3.05) is 26.8 Å². The molecule has 1 aliphatic heterocycles. The Morgan fingerprint density at radius 3 is 3.05 bits per heavy atom. The van der Waals surface area contributed by atoms with Gasteiger partial charge in [-0.2, -0.15) is 5.10 Å². The molecule has 1 aliphatic rings. The number of nitrogens with two attached hydrogens (primary N) is 1. The Morgan fingerprint density at radius 2 is 2.32 bits per heavy atom. The fourth-order valence-electron chi connectivity index (χ4n) is 2.99. The first-order valence-corrected chi connectivity index (χ1v) is 7.28. The van der Waals surface area contributed by atoms with Crippen LogP contribution in [0.25, 0.3) is 0 Å². The smallest absolute Gasteiger partial charge is 0.0671 e. The van der Waals surface area contributed by atoms with Crippen molar-refractivity contribution < 1.29 is 4.74 Å². The van der Waals surface area contributed by atoms with Crippen LogP contribution in [0, 0.1) is 0 Å². The average molecular weight is 266 g/mol. The Bertz CT molecular complexity index is 379. The summed E-state index contributed by atoms with van der Waals surface area (Å²) in [7, 11) is 1.75. The summed E-state index contributed by atoms with van der Waals surface area (Å²) in [5.41, 5.74) is 7.68. The number of methoxy groups -OCH3 is 1. The molecule has 5 nitrogen and oxygen atoms in total. The number of nitrogens with zero attached hydrogens (tertiary/aromatic N) is 3. The minimum atomic E-state index is 0.182. The first-order chi connectivity index (χ1) is 9.27. The SMILES string of the molecule is CCn1nccc1C1C(N)CCCCN1CCOC. The van der Waals surface area contributed by atoms with Gasteiger partial charge in [0, 0.05) is 32.4 Å². The highest BCUT2D eigenvalue weighted by atomic mass is 16.5. The predicted octanol–water partition coefficient (Wildman–Crippen LogP) is 1.40. The molecule has 0 radical (unpaired) electrons. The fourth-order valence-corrected chi connectivity index (χ4v) is 2.99. The zero-order valence-electron chi connectivity index (χ0n) is 12.1. The van der Waals surface area contributed by atoms with Crippen LogP contribution in [0.5, 0.6) is 0 Å². The molecule has 2 atom stereocenters. The molecular formula is C14H26N4O. The normalized spacial score (nSPS) is 25.4. The van der Waals surface area contributed by atoms with Crippen molar-refractivity contribution in [3.8, 4) is 0 Å². The van der Waals surface area contributed by atoms with Crippen molar-refractivity contribution in [2.24, 2.45) is 5.73 Å². The first kappa shape index (κ1) is 14.5. The lowest BCUT2D eigenvalue weighted by Crippen LogP contribution is -2.42. The van der Waals surface area contributed by atoms with Crippen LogP contribution in [0.4, 0.5) is 0 Å². The van der Waals surface area contributed by atoms with Gasteiger partial charge in [-0.25, -0.2) is 0 Å². The quantitative estimate of drug-likeness (QED) is 0.875. The number of hydrogen-bond acceptors (Lipinski definition) is 4. The molecule has 1 aromatic heterocycles. The van der Waals surface area contributed by atoms with Crippen LogP contribution < -0.4 is 5.73 Å². The largest absolute Gasteiger partial charge is 0.383 e. The predicted molar refractivity (Wildman–Crippen MR) is 75.9 cm³/mol. The van der Waals surface area contributed by atoms with Gasteiger partial charge >= 0.3 is 0 Å². The molecule has 1 aromatic rings. The molecule has 0 spiro atoms. The highest BCUT2D eigenvalue weighted by Crippen LogP contribution is 2.29. The number of ether oxygens (including phenoxy) is 1. The zero-order chi connectivity index (χ0) is 13.7. The summed E-state index contributed by atoms with van der Waals surface area (Å²) < 4.78 is 7.30. The second kappa shape index (κ2) is 7.03. The molecule has 0 bridgehead atoms. The maximum Gasteiger partial charge on any atom is 0.0671 e. The van der Waals surface area contributed by atoms with Gasteiger partial charge in [-0.15, -0.1) is 0 Å². The molecule has 0 aliphatic carbocycles. The van der Waals surface area contributed by atoms with Crippen molar-refractivity contribution in [3.63, 3.8) is 0 Å². The van der Waals surface area contributed by atoms with Crippen molar-refractivity contribution in [2.45, 2.75) is 44.8 Å². The van der Waals surface area contributed by atoms with E-state index in [1.165, 1.54) is 18.5 Å². The van der Waals surface area contributed by atoms with Crippen LogP contribution in [0.1, 0.15) is 37.9 Å². The van der Waals surface area contributed by atoms with E-state index in [0.717, 1.165) is 32.7 Å². The second-order valence-corrected chi connectivity index (χ2v) is 5.21. The first-order valence-electron chi connectivity index (χ1n) is 7.28. The summed E-state index contributed by atoms with van der Waals surface area (Å²) in [6, 6.07) is 2.56. The molecule has 108 valence electrons. The standard InChI is InChI=1S/C14H26N4O/c1-3-18-13(7-8-16-18)14-12(15)6-4-5-9-17(14)10-11-19-2/h7-8,12,14H,3-6,9-11,15H2,1-2H3. The number of aryl methyl sites for hydroxylation is 1. The molecular weight excluding hydrogens is 240 g/mol. The Labute approximate surface area is 115 Å². The van der Waals surface area contributed by atoms with E-state index >= 15 is 0 Å². The Hall–Kier alpha value is -0.910. The molecule has 0 saturated carbocycles. The zero-order valence-corrected chi connectivity index (χ0v) is 12.1. The number of rotatable bonds is 5. The maximum absolute atomic E-state index is 6.43. The number of hydrogen-bond donors (Lipinski definition) is 1. The van der Waals surface area contributed by atoms with E-state index in [-0.39, 0.29) is 12.1 Å². The van der Waals surface area contributed by atoms with E-state index in [4.69, 9.17) is 10.5 Å². The van der Waals surface area contributed by atoms with E-state index < -0.39 is 0 Å². The Morgan fingerprint density at radius 1 is 1.47 bits per heavy atom. The van der Waals surface area contributed by atoms with Gasteiger partial charge in [-0.1, -0.05) is 6.42 Å². The number of aromatic nitrogens is 2. The highest BCUT2D eigenvalue weighted by molar-refractivity contribution is 5.11. The van der Waals surface area contributed by atoms with Crippen LogP contribution in [0.2, 0.25) is 0 Å². The molecule has 19 heavy (non-hydrogen) atoms. The van der Waals surface area contributed by atoms with Crippen LogP contribution in [-0.4, -0.2) is 47.5 Å². The molecule has 0 amide bonds. The van der Waals surface area contributed by atoms with Crippen LogP contribution in [0.15, 0.2) is 12.3 Å². The highest BCUT2D eigenvalue weighted by Gasteiger charge is 2.30. The lowest BCUT2D eigenvalue weighted by atomic mass is 10.0. The summed E-state index contributed by atoms with van der Waals surface area (Å²) in [4.78, 5) is 2.46. The van der Waals surface area contributed by atoms with E-state index in [1.807, 2.05) is 6.20 Å². The minimum Gasteiger partial charge on any atom is -0.383 e. The molecule has 2 N–H and O–H groups in total. The summed E-state index contributed by atoms with van der Waals surface area (Å²) in [5, 5.41) is 4.39. The molecule has 2 heterocycles. The molecule has 1 fully saturated rings. The van der Waals surface area contributed by atoms with Crippen molar-refractivity contribution >= 4 is 0 Å². The molecule has 5 heteroatoms. The minimum absolute atomic E-state index is 0.182. The van der Waals surface area contributed by atoms with Gasteiger partial charge in [-0.3, -0.25) is 9.58 Å². The third kappa shape index (κ3) is 3.35. The van der Waals surface area contributed by atoms with E-state index in [1.54, 1.807) is 7.11 Å². The Kier molecular flexibility index (Phi) is 5.36. The van der Waals surface area contributed by atoms with Crippen molar-refractivity contribution in [3.05, 3.63) is 18.0 Å². The fraction of sp³-hybridized carbons (Fsp3) is 0.786. The maximum atomic E-state index is 6.43. The Balaban J connectivity index is 2.23. The summed E-state index contributed by atoms with van der Waals surface area (Å²) in [6.45, 7) is 5.80. The topological polar surface area (TPSA) is 56.3 Å². The van der Waals surface area contributed by atoms with Crippen LogP contribution in [-0.2, 0) is 11.3 Å². The van der Waals surface area contributed by atoms with Crippen molar-refractivity contribution in [1.82, 2.24) is 14.7 Å². The van der Waals surface area contributed by atoms with Gasteiger partial charge in [0.1, 0.15) is 0 Å². The van der Waals surface area contributed by atoms with Crippen LogP contribution >= 0.6 is 0 Å². The second-order valence-electron chi connectivity index (χ2n) is 5.21. The summed E-state index contributed by atoms with van der Waals surface area (Å²) in [6.07, 6.45) is 5.39. The van der Waals surface area contributed by atoms with E-state index in [2.05, 4.69) is 27.7 Å². The molecule has 1 saturated heterocycles. The average Bonchev–Trinajstić information content (AvgIpc) is 2.80. The van der Waals surface area contributed by atoms with E-state index in [9.17, 15) is 0 Å². The molecule has 0 aromatic carbocycles. The van der Waals surface area contributed by atoms with Gasteiger partial charge in [0.05, 0.1) is 18.3 Å². The van der Waals surface area contributed by atoms with Gasteiger partial charge in [0.15, 0.2) is 0 Å². The summed E-state index contributed by atoms with van der Waals surface area (Å²) >= 11 is 0. The van der Waals surface area contributed by atoms with Gasteiger partial charge in [0.25, 0.3) is 0 Å². The summed E-state index contributed by atoms with van der Waals surface area (Å²) in [5.74, 6) is 0. The van der Waals surface area contributed by atoms with Crippen molar-refractivity contribution in [1.29, 1.82) is 0 Å². The lowest BCUT2D eigenvalue weighted by molar-refractivity contribution is 0.111. The van der Waals surface area contributed by atoms with E-state index in [0.29, 0.717) is 0 Å². The molecule has 2 unspecified atom stereocenters. The van der Waals surface area contributed by atoms with Gasteiger partial charge < -0.3 is 10.5 Å². The van der Waals surface area contributed by atoms with Gasteiger partial charge in [-0.05, 0) is 32.4 Å². The lowest BCUT2D eigenvalue weighted by Gasteiger charge is -2.33. The molecule has 2 rings (SSSR count). The monoisotopic (exact) mass is 266 g/mol. The third-order valence-electron chi connectivity index (χ3n) is 3.97.